The fourth-order valence-corrected chi connectivity index (χ4v) is 2.65. The topological polar surface area (TPSA) is 64.7 Å². The Labute approximate surface area is 139 Å². The first-order valence-electron chi connectivity index (χ1n) is 7.93. The Morgan fingerprint density at radius 3 is 2.46 bits per heavy atom. The average molecular weight is 339 g/mol. The second-order valence-corrected chi connectivity index (χ2v) is 5.89. The summed E-state index contributed by atoms with van der Waals surface area (Å²) in [6.07, 6.45) is -0.749. The van der Waals surface area contributed by atoms with E-state index in [9.17, 15) is 13.6 Å². The zero-order chi connectivity index (χ0) is 18.0. The normalized spacial score (nSPS) is 14.0. The number of aromatic nitrogens is 4. The van der Waals surface area contributed by atoms with Crippen molar-refractivity contribution in [3.8, 4) is 0 Å². The average Bonchev–Trinajstić information content (AvgIpc) is 3.09. The first kappa shape index (κ1) is 18.1. The van der Waals surface area contributed by atoms with Gasteiger partial charge in [0, 0.05) is 24.0 Å². The molecule has 2 unspecified atom stereocenters. The van der Waals surface area contributed by atoms with Crippen LogP contribution in [0.4, 0.5) is 8.78 Å². The predicted molar refractivity (Wildman–Crippen MR) is 85.8 cm³/mol. The molecule has 2 aromatic heterocycles. The minimum atomic E-state index is -2.65. The van der Waals surface area contributed by atoms with Crippen LogP contribution in [0.3, 0.4) is 0 Å². The molecular formula is C16H23F2N5O. The van der Waals surface area contributed by atoms with E-state index >= 15 is 0 Å². The number of aryl methyl sites for hydroxylation is 3. The molecule has 1 N–H and O–H groups in total. The molecule has 2 atom stereocenters. The number of rotatable bonds is 6. The quantitative estimate of drug-likeness (QED) is 0.879. The third kappa shape index (κ3) is 3.63. The Balaban J connectivity index is 2.12. The Morgan fingerprint density at radius 1 is 1.29 bits per heavy atom. The van der Waals surface area contributed by atoms with Gasteiger partial charge in [-0.1, -0.05) is 0 Å². The van der Waals surface area contributed by atoms with E-state index in [4.69, 9.17) is 0 Å². The molecule has 2 heterocycles. The third-order valence-electron chi connectivity index (χ3n) is 4.04. The molecule has 1 amide bonds. The van der Waals surface area contributed by atoms with E-state index in [0.29, 0.717) is 5.69 Å². The van der Waals surface area contributed by atoms with Crippen molar-refractivity contribution in [1.29, 1.82) is 0 Å². The lowest BCUT2D eigenvalue weighted by atomic mass is 10.1. The SMILES string of the molecule is CCn1cc(C(C)NC(=O)C(C)n2nc(C(F)F)cc2C)c(C)n1. The number of alkyl halides is 2. The number of halogens is 2. The van der Waals surface area contributed by atoms with E-state index in [1.165, 1.54) is 10.7 Å². The highest BCUT2D eigenvalue weighted by Crippen LogP contribution is 2.21. The van der Waals surface area contributed by atoms with Crippen molar-refractivity contribution in [2.45, 2.75) is 59.7 Å². The van der Waals surface area contributed by atoms with Gasteiger partial charge in [0.25, 0.3) is 6.43 Å². The van der Waals surface area contributed by atoms with E-state index in [-0.39, 0.29) is 17.6 Å². The van der Waals surface area contributed by atoms with Gasteiger partial charge in [-0.15, -0.1) is 0 Å². The third-order valence-corrected chi connectivity index (χ3v) is 4.04. The van der Waals surface area contributed by atoms with Gasteiger partial charge in [-0.05, 0) is 40.7 Å². The summed E-state index contributed by atoms with van der Waals surface area (Å²) in [6, 6.07) is 0.389. The number of nitrogens with one attached hydrogen (secondary N) is 1. The van der Waals surface area contributed by atoms with E-state index in [0.717, 1.165) is 17.8 Å². The minimum absolute atomic E-state index is 0.231. The van der Waals surface area contributed by atoms with Crippen molar-refractivity contribution in [2.75, 3.05) is 0 Å². The van der Waals surface area contributed by atoms with Crippen LogP contribution in [-0.2, 0) is 11.3 Å². The summed E-state index contributed by atoms with van der Waals surface area (Å²) < 4.78 is 28.6. The molecule has 0 bridgehead atoms. The predicted octanol–water partition coefficient (Wildman–Crippen LogP) is 3.09. The van der Waals surface area contributed by atoms with Crippen LogP contribution in [0.5, 0.6) is 0 Å². The van der Waals surface area contributed by atoms with Gasteiger partial charge in [0.1, 0.15) is 11.7 Å². The van der Waals surface area contributed by atoms with Crippen LogP contribution in [-0.4, -0.2) is 25.5 Å². The number of carbonyl (C=O) groups excluding carboxylic acids is 1. The van der Waals surface area contributed by atoms with Crippen molar-refractivity contribution >= 4 is 5.91 Å². The fraction of sp³-hybridized carbons (Fsp3) is 0.562. The van der Waals surface area contributed by atoms with Crippen molar-refractivity contribution in [2.24, 2.45) is 0 Å². The molecule has 132 valence electrons. The zero-order valence-electron chi connectivity index (χ0n) is 14.5. The van der Waals surface area contributed by atoms with Gasteiger partial charge >= 0.3 is 0 Å². The molecule has 0 spiro atoms. The van der Waals surface area contributed by atoms with Gasteiger partial charge < -0.3 is 5.32 Å². The standard InChI is InChI=1S/C16H23F2N5O/c1-6-22-8-13(11(4)20-22)10(3)19-16(24)12(5)23-9(2)7-14(21-23)15(17)18/h7-8,10,12,15H,6H2,1-5H3,(H,19,24). The highest BCUT2D eigenvalue weighted by molar-refractivity contribution is 5.80. The zero-order valence-corrected chi connectivity index (χ0v) is 14.5. The summed E-state index contributed by atoms with van der Waals surface area (Å²) in [5, 5.41) is 11.1. The summed E-state index contributed by atoms with van der Waals surface area (Å²) in [5.41, 5.74) is 1.99. The smallest absolute Gasteiger partial charge is 0.282 e. The number of hydrogen-bond acceptors (Lipinski definition) is 3. The summed E-state index contributed by atoms with van der Waals surface area (Å²) in [7, 11) is 0. The molecule has 0 aromatic carbocycles. The van der Waals surface area contributed by atoms with Gasteiger partial charge in [-0.2, -0.15) is 10.2 Å². The first-order chi connectivity index (χ1) is 11.2. The molecule has 0 saturated heterocycles. The van der Waals surface area contributed by atoms with Crippen LogP contribution in [0.25, 0.3) is 0 Å². The fourth-order valence-electron chi connectivity index (χ4n) is 2.65. The van der Waals surface area contributed by atoms with Gasteiger partial charge in [0.2, 0.25) is 5.91 Å². The van der Waals surface area contributed by atoms with E-state index in [1.54, 1.807) is 13.8 Å². The number of hydrogen-bond donors (Lipinski definition) is 1. The molecule has 0 aliphatic rings. The van der Waals surface area contributed by atoms with Gasteiger partial charge in [0.05, 0.1) is 11.7 Å². The van der Waals surface area contributed by atoms with Crippen LogP contribution in [0, 0.1) is 13.8 Å². The maximum Gasteiger partial charge on any atom is 0.282 e. The molecule has 0 fully saturated rings. The number of carbonyl (C=O) groups is 1. The Morgan fingerprint density at radius 2 is 1.96 bits per heavy atom. The van der Waals surface area contributed by atoms with E-state index < -0.39 is 12.5 Å². The maximum atomic E-state index is 12.8. The molecule has 0 aliphatic heterocycles. The summed E-state index contributed by atoms with van der Waals surface area (Å²) in [4.78, 5) is 12.5. The van der Waals surface area contributed by atoms with Crippen LogP contribution in [0.15, 0.2) is 12.3 Å². The Kier molecular flexibility index (Phi) is 5.36. The minimum Gasteiger partial charge on any atom is -0.348 e. The molecular weight excluding hydrogens is 316 g/mol. The lowest BCUT2D eigenvalue weighted by molar-refractivity contribution is -0.124. The molecule has 8 heteroatoms. The van der Waals surface area contributed by atoms with E-state index in [1.807, 2.05) is 31.6 Å². The molecule has 6 nitrogen and oxygen atoms in total. The molecule has 24 heavy (non-hydrogen) atoms. The highest BCUT2D eigenvalue weighted by Gasteiger charge is 2.23. The van der Waals surface area contributed by atoms with Gasteiger partial charge in [-0.3, -0.25) is 14.2 Å². The van der Waals surface area contributed by atoms with Crippen LogP contribution in [0.1, 0.15) is 61.9 Å². The Hall–Kier alpha value is -2.25. The number of nitrogens with zero attached hydrogens (tertiary/aromatic N) is 4. The second-order valence-electron chi connectivity index (χ2n) is 5.89. The number of amides is 1. The second kappa shape index (κ2) is 7.11. The van der Waals surface area contributed by atoms with Crippen molar-refractivity contribution in [3.63, 3.8) is 0 Å². The van der Waals surface area contributed by atoms with Crippen LogP contribution < -0.4 is 5.32 Å². The van der Waals surface area contributed by atoms with Crippen LogP contribution in [0.2, 0.25) is 0 Å². The largest absolute Gasteiger partial charge is 0.348 e. The molecule has 2 rings (SSSR count). The lowest BCUT2D eigenvalue weighted by Gasteiger charge is -2.18. The summed E-state index contributed by atoms with van der Waals surface area (Å²) in [6.45, 7) is 9.79. The molecule has 0 saturated carbocycles. The molecule has 0 aliphatic carbocycles. The monoisotopic (exact) mass is 339 g/mol. The lowest BCUT2D eigenvalue weighted by Crippen LogP contribution is -2.34. The van der Waals surface area contributed by atoms with Crippen molar-refractivity contribution < 1.29 is 13.6 Å². The highest BCUT2D eigenvalue weighted by atomic mass is 19.3. The van der Waals surface area contributed by atoms with Gasteiger partial charge in [0.15, 0.2) is 0 Å². The van der Waals surface area contributed by atoms with Crippen molar-refractivity contribution in [1.82, 2.24) is 24.9 Å². The first-order valence-corrected chi connectivity index (χ1v) is 7.93. The summed E-state index contributed by atoms with van der Waals surface area (Å²) >= 11 is 0. The van der Waals surface area contributed by atoms with Gasteiger partial charge in [-0.25, -0.2) is 8.78 Å². The van der Waals surface area contributed by atoms with Crippen molar-refractivity contribution in [3.05, 3.63) is 34.9 Å². The maximum absolute atomic E-state index is 12.8. The molecule has 2 aromatic rings. The molecule has 0 radical (unpaired) electrons. The Bertz CT molecular complexity index is 722. The van der Waals surface area contributed by atoms with E-state index in [2.05, 4.69) is 15.5 Å². The summed E-state index contributed by atoms with van der Waals surface area (Å²) in [5.74, 6) is -0.279. The van der Waals surface area contributed by atoms with Crippen LogP contribution >= 0.6 is 0 Å².